The number of urea groups is 1. The van der Waals surface area contributed by atoms with E-state index in [9.17, 15) is 19.2 Å². The Morgan fingerprint density at radius 3 is 2.31 bits per heavy atom. The summed E-state index contributed by atoms with van der Waals surface area (Å²) >= 11 is 12.3. The standard InChI is InChI=1S/C25H18Cl2N2O6/c1-28-22(30)18(23(31)29(2)25(28)33)12-16-8-10-21(35-16)14-7-9-20(27)17(11-14)24(32)34-13-15-5-3-4-6-19(15)26/h3-12H,13H2,1-2H3. The fourth-order valence-corrected chi connectivity index (χ4v) is 3.76. The third-order valence-electron chi connectivity index (χ3n) is 5.34. The molecule has 0 bridgehead atoms. The molecule has 3 aromatic rings. The largest absolute Gasteiger partial charge is 0.457 e. The summed E-state index contributed by atoms with van der Waals surface area (Å²) in [6, 6.07) is 14.2. The Kier molecular flexibility index (Phi) is 6.77. The van der Waals surface area contributed by atoms with Gasteiger partial charge in [-0.15, -0.1) is 0 Å². The molecule has 1 aliphatic heterocycles. The fourth-order valence-electron chi connectivity index (χ4n) is 3.37. The number of barbiturate groups is 1. The molecular formula is C25H18Cl2N2O6. The minimum Gasteiger partial charge on any atom is -0.457 e. The van der Waals surface area contributed by atoms with Crippen molar-refractivity contribution < 1.29 is 28.3 Å². The van der Waals surface area contributed by atoms with Gasteiger partial charge in [0.25, 0.3) is 11.8 Å². The van der Waals surface area contributed by atoms with Crippen LogP contribution >= 0.6 is 23.2 Å². The zero-order valence-corrected chi connectivity index (χ0v) is 20.1. The van der Waals surface area contributed by atoms with E-state index in [1.807, 2.05) is 0 Å². The number of ether oxygens (including phenoxy) is 1. The lowest BCUT2D eigenvalue weighted by molar-refractivity contribution is -0.134. The van der Waals surface area contributed by atoms with E-state index >= 15 is 0 Å². The highest BCUT2D eigenvalue weighted by atomic mass is 35.5. The van der Waals surface area contributed by atoms with Crippen molar-refractivity contribution in [2.24, 2.45) is 0 Å². The van der Waals surface area contributed by atoms with Gasteiger partial charge in [0, 0.05) is 30.2 Å². The molecular weight excluding hydrogens is 495 g/mol. The van der Waals surface area contributed by atoms with E-state index in [2.05, 4.69) is 0 Å². The zero-order valence-electron chi connectivity index (χ0n) is 18.6. The molecule has 0 saturated carbocycles. The normalized spacial score (nSPS) is 13.9. The number of benzene rings is 2. The lowest BCUT2D eigenvalue weighted by Crippen LogP contribution is -2.52. The van der Waals surface area contributed by atoms with Crippen LogP contribution in [0.25, 0.3) is 17.4 Å². The summed E-state index contributed by atoms with van der Waals surface area (Å²) in [5.41, 5.74) is 1.10. The van der Waals surface area contributed by atoms with Crippen LogP contribution in [0, 0.1) is 0 Å². The van der Waals surface area contributed by atoms with Crippen molar-refractivity contribution in [3.05, 3.63) is 87.1 Å². The first-order chi connectivity index (χ1) is 16.7. The van der Waals surface area contributed by atoms with Crippen LogP contribution in [-0.2, 0) is 20.9 Å². The highest BCUT2D eigenvalue weighted by Gasteiger charge is 2.38. The molecule has 0 aliphatic carbocycles. The highest BCUT2D eigenvalue weighted by molar-refractivity contribution is 6.34. The van der Waals surface area contributed by atoms with Crippen molar-refractivity contribution in [1.82, 2.24) is 9.80 Å². The van der Waals surface area contributed by atoms with E-state index in [0.717, 1.165) is 9.80 Å². The van der Waals surface area contributed by atoms with Gasteiger partial charge in [0.1, 0.15) is 23.7 Å². The average Bonchev–Trinajstić information content (AvgIpc) is 3.32. The second-order valence-electron chi connectivity index (χ2n) is 7.63. The van der Waals surface area contributed by atoms with Gasteiger partial charge in [-0.2, -0.15) is 0 Å². The summed E-state index contributed by atoms with van der Waals surface area (Å²) < 4.78 is 11.1. The first kappa shape index (κ1) is 24.3. The Balaban J connectivity index is 1.56. The molecule has 0 spiro atoms. The summed E-state index contributed by atoms with van der Waals surface area (Å²) in [4.78, 5) is 51.0. The first-order valence-corrected chi connectivity index (χ1v) is 11.0. The van der Waals surface area contributed by atoms with Crippen LogP contribution < -0.4 is 0 Å². The van der Waals surface area contributed by atoms with E-state index in [0.29, 0.717) is 21.9 Å². The Morgan fingerprint density at radius 1 is 0.943 bits per heavy atom. The van der Waals surface area contributed by atoms with Crippen molar-refractivity contribution in [3.63, 3.8) is 0 Å². The first-order valence-electron chi connectivity index (χ1n) is 10.3. The molecule has 1 aliphatic rings. The molecule has 0 unspecified atom stereocenters. The zero-order chi connectivity index (χ0) is 25.3. The number of amides is 4. The van der Waals surface area contributed by atoms with Crippen molar-refractivity contribution >= 4 is 53.1 Å². The van der Waals surface area contributed by atoms with Gasteiger partial charge >= 0.3 is 12.0 Å². The highest BCUT2D eigenvalue weighted by Crippen LogP contribution is 2.29. The van der Waals surface area contributed by atoms with Gasteiger partial charge < -0.3 is 9.15 Å². The second-order valence-corrected chi connectivity index (χ2v) is 8.45. The molecule has 1 aromatic heterocycles. The second kappa shape index (κ2) is 9.77. The predicted octanol–water partition coefficient (Wildman–Crippen LogP) is 5.04. The van der Waals surface area contributed by atoms with E-state index in [-0.39, 0.29) is 28.5 Å². The smallest absolute Gasteiger partial charge is 0.340 e. The lowest BCUT2D eigenvalue weighted by Gasteiger charge is -2.28. The maximum absolute atomic E-state index is 12.7. The van der Waals surface area contributed by atoms with Gasteiger partial charge in [0.15, 0.2) is 0 Å². The molecule has 10 heteroatoms. The van der Waals surface area contributed by atoms with Crippen LogP contribution in [-0.4, -0.2) is 47.7 Å². The topological polar surface area (TPSA) is 97.1 Å². The molecule has 0 N–H and O–H groups in total. The monoisotopic (exact) mass is 512 g/mol. The van der Waals surface area contributed by atoms with Gasteiger partial charge in [-0.05, 0) is 42.5 Å². The number of carbonyl (C=O) groups is 4. The molecule has 1 fully saturated rings. The van der Waals surface area contributed by atoms with Gasteiger partial charge in [0.2, 0.25) is 0 Å². The SMILES string of the molecule is CN1C(=O)C(=Cc2ccc(-c3ccc(Cl)c(C(=O)OCc4ccccc4Cl)c3)o2)C(=O)N(C)C1=O. The van der Waals surface area contributed by atoms with Crippen LogP contribution in [0.5, 0.6) is 0 Å². The summed E-state index contributed by atoms with van der Waals surface area (Å²) in [6.45, 7) is -0.0228. The minimum atomic E-state index is -0.730. The Morgan fingerprint density at radius 2 is 1.63 bits per heavy atom. The Hall–Kier alpha value is -3.88. The van der Waals surface area contributed by atoms with Crippen LogP contribution in [0.15, 0.2) is 64.6 Å². The Labute approximate surface area is 210 Å². The number of carbonyl (C=O) groups excluding carboxylic acids is 4. The van der Waals surface area contributed by atoms with E-state index in [1.165, 1.54) is 32.3 Å². The number of rotatable bonds is 5. The molecule has 4 rings (SSSR count). The number of hydrogen-bond donors (Lipinski definition) is 0. The number of halogens is 2. The summed E-state index contributed by atoms with van der Waals surface area (Å²) in [5.74, 6) is -1.52. The van der Waals surface area contributed by atoms with E-state index < -0.39 is 23.8 Å². The third-order valence-corrected chi connectivity index (χ3v) is 6.04. The average molecular weight is 513 g/mol. The van der Waals surface area contributed by atoms with Crippen LogP contribution in [0.4, 0.5) is 4.79 Å². The summed E-state index contributed by atoms with van der Waals surface area (Å²) in [7, 11) is 2.57. The molecule has 4 amide bonds. The van der Waals surface area contributed by atoms with Crippen LogP contribution in [0.1, 0.15) is 21.7 Å². The van der Waals surface area contributed by atoms with E-state index in [1.54, 1.807) is 42.5 Å². The predicted molar refractivity (Wildman–Crippen MR) is 129 cm³/mol. The minimum absolute atomic E-state index is 0.0228. The molecule has 2 heterocycles. The molecule has 1 saturated heterocycles. The number of likely N-dealkylation sites (N-methyl/N-ethyl adjacent to an activating group) is 2. The maximum Gasteiger partial charge on any atom is 0.340 e. The molecule has 0 atom stereocenters. The molecule has 2 aromatic carbocycles. The van der Waals surface area contributed by atoms with E-state index in [4.69, 9.17) is 32.4 Å². The number of nitrogens with zero attached hydrogens (tertiary/aromatic N) is 2. The van der Waals surface area contributed by atoms with Gasteiger partial charge in [-0.3, -0.25) is 19.4 Å². The summed E-state index contributed by atoms with van der Waals surface area (Å²) in [5, 5.41) is 0.676. The van der Waals surface area contributed by atoms with Crippen molar-refractivity contribution in [2.45, 2.75) is 6.61 Å². The van der Waals surface area contributed by atoms with Gasteiger partial charge in [-0.1, -0.05) is 41.4 Å². The van der Waals surface area contributed by atoms with Gasteiger partial charge in [0.05, 0.1) is 10.6 Å². The Bertz CT molecular complexity index is 1370. The summed E-state index contributed by atoms with van der Waals surface area (Å²) in [6.07, 6.45) is 1.27. The maximum atomic E-state index is 12.7. The quantitative estimate of drug-likeness (QED) is 0.269. The van der Waals surface area contributed by atoms with Crippen LogP contribution in [0.2, 0.25) is 10.0 Å². The molecule has 178 valence electrons. The van der Waals surface area contributed by atoms with Gasteiger partial charge in [-0.25, -0.2) is 9.59 Å². The fraction of sp³-hybridized carbons (Fsp3) is 0.120. The molecule has 0 radical (unpaired) electrons. The van der Waals surface area contributed by atoms with Crippen molar-refractivity contribution in [3.8, 4) is 11.3 Å². The van der Waals surface area contributed by atoms with Crippen LogP contribution in [0.3, 0.4) is 0 Å². The lowest BCUT2D eigenvalue weighted by atomic mass is 10.1. The third kappa shape index (κ3) is 4.84. The number of furan rings is 1. The number of imide groups is 2. The number of esters is 1. The van der Waals surface area contributed by atoms with Crippen molar-refractivity contribution in [2.75, 3.05) is 14.1 Å². The molecule has 35 heavy (non-hydrogen) atoms. The number of hydrogen-bond acceptors (Lipinski definition) is 6. The van der Waals surface area contributed by atoms with Crippen molar-refractivity contribution in [1.29, 1.82) is 0 Å². The molecule has 8 nitrogen and oxygen atoms in total.